The van der Waals surface area contributed by atoms with E-state index < -0.39 is 90.0 Å². The second-order valence-electron chi connectivity index (χ2n) is 7.52. The van der Waals surface area contributed by atoms with Gasteiger partial charge in [0.1, 0.15) is 0 Å². The SMILES string of the molecule is C[I-]C(C)(C(=O)OC(C(C)C)(C(C)C)C(O)(C(F)(F)F)C(F)(F)F)C12NI1N2. The van der Waals surface area contributed by atoms with Gasteiger partial charge in [-0.1, -0.05) is 0 Å². The number of esters is 1. The second-order valence-corrected chi connectivity index (χ2v) is 15.1. The summed E-state index contributed by atoms with van der Waals surface area (Å²) in [5, 5.41) is 10.2. The van der Waals surface area contributed by atoms with Crippen LogP contribution in [0.1, 0.15) is 34.6 Å². The first kappa shape index (κ1) is 24.7. The molecule has 0 aliphatic carbocycles. The zero-order valence-electron chi connectivity index (χ0n) is 15.9. The number of fused-ring (bicyclic) bond motifs is 1. The van der Waals surface area contributed by atoms with Crippen molar-refractivity contribution >= 4 is 26.3 Å². The molecule has 2 heterocycles. The quantitative estimate of drug-likeness (QED) is 0.0696. The molecule has 0 amide bonds. The Bertz CT molecular complexity index is 627. The van der Waals surface area contributed by atoms with Crippen LogP contribution in [0.15, 0.2) is 0 Å². The Labute approximate surface area is 177 Å². The van der Waals surface area contributed by atoms with Gasteiger partial charge in [0.25, 0.3) is 0 Å². The molecule has 0 aromatic carbocycles. The molecule has 2 aliphatic heterocycles. The molecule has 13 heteroatoms. The van der Waals surface area contributed by atoms with Gasteiger partial charge < -0.3 is 0 Å². The van der Waals surface area contributed by atoms with Crippen LogP contribution in [0.25, 0.3) is 0 Å². The van der Waals surface area contributed by atoms with Crippen LogP contribution in [0, 0.1) is 11.8 Å². The summed E-state index contributed by atoms with van der Waals surface area (Å²) < 4.78 is 91.8. The molecule has 0 saturated carbocycles. The number of carbonyl (C=O) groups excluding carboxylic acids is 1. The summed E-state index contributed by atoms with van der Waals surface area (Å²) in [6.45, 7) is 5.82. The topological polar surface area (TPSA) is 90.4 Å². The van der Waals surface area contributed by atoms with Crippen LogP contribution < -0.4 is 28.3 Å². The second kappa shape index (κ2) is 6.95. The molecule has 3 N–H and O–H groups in total. The van der Waals surface area contributed by atoms with Gasteiger partial charge in [0.05, 0.1) is 0 Å². The van der Waals surface area contributed by atoms with E-state index in [9.17, 15) is 36.2 Å². The molecule has 168 valence electrons. The molecule has 0 spiro atoms. The van der Waals surface area contributed by atoms with Crippen molar-refractivity contribution in [3.63, 3.8) is 0 Å². The van der Waals surface area contributed by atoms with E-state index in [4.69, 9.17) is 4.74 Å². The Morgan fingerprint density at radius 1 is 1.04 bits per heavy atom. The van der Waals surface area contributed by atoms with Crippen LogP contribution in [-0.4, -0.2) is 46.7 Å². The summed E-state index contributed by atoms with van der Waals surface area (Å²) in [6.07, 6.45) is -12.2. The van der Waals surface area contributed by atoms with E-state index in [0.29, 0.717) is 0 Å². The first-order valence-electron chi connectivity index (χ1n) is 8.24. The van der Waals surface area contributed by atoms with Crippen LogP contribution in [0.4, 0.5) is 26.3 Å². The third-order valence-corrected chi connectivity index (χ3v) is 14.7. The Morgan fingerprint density at radius 2 is 1.39 bits per heavy atom. The summed E-state index contributed by atoms with van der Waals surface area (Å²) in [7, 11) is 0. The molecular weight excluding hydrogens is 624 g/mol. The molecular formula is C15H23F6I2N2O3-. The van der Waals surface area contributed by atoms with Crippen LogP contribution in [0.2, 0.25) is 0 Å². The zero-order valence-corrected chi connectivity index (χ0v) is 20.3. The Kier molecular flexibility index (Phi) is 6.12. The molecule has 2 aliphatic rings. The van der Waals surface area contributed by atoms with Crippen LogP contribution in [0.5, 0.6) is 0 Å². The fraction of sp³-hybridized carbons (Fsp3) is 0.933. The average Bonchev–Trinajstić information content (AvgIpc) is 3.37. The number of aliphatic hydroxyl groups is 1. The first-order valence-corrected chi connectivity index (χ1v) is 14.7. The molecule has 28 heavy (non-hydrogen) atoms. The monoisotopic (exact) mass is 647 g/mol. The van der Waals surface area contributed by atoms with Crippen molar-refractivity contribution in [1.29, 1.82) is 0 Å². The number of rotatable bonds is 7. The summed E-state index contributed by atoms with van der Waals surface area (Å²) >= 11 is -2.70. The van der Waals surface area contributed by atoms with Gasteiger partial charge in [-0.15, -0.1) is 0 Å². The van der Waals surface area contributed by atoms with Gasteiger partial charge in [0.15, 0.2) is 0 Å². The van der Waals surface area contributed by atoms with E-state index in [2.05, 4.69) is 7.06 Å². The van der Waals surface area contributed by atoms with E-state index in [1.165, 1.54) is 6.92 Å². The van der Waals surface area contributed by atoms with Gasteiger partial charge in [-0.25, -0.2) is 0 Å². The predicted octanol–water partition coefficient (Wildman–Crippen LogP) is 0.110. The fourth-order valence-corrected chi connectivity index (χ4v) is 13.9. The first-order chi connectivity index (χ1) is 12.4. The third kappa shape index (κ3) is 3.07. The maximum atomic E-state index is 13.7. The van der Waals surface area contributed by atoms with Crippen molar-refractivity contribution < 1.29 is 62.2 Å². The van der Waals surface area contributed by atoms with E-state index in [1.54, 1.807) is 4.93 Å². The Hall–Kier alpha value is 0.390. The zero-order chi connectivity index (χ0) is 22.1. The maximum absolute atomic E-state index is 13.7. The van der Waals surface area contributed by atoms with Crippen molar-refractivity contribution in [2.45, 2.75) is 65.3 Å². The molecule has 2 saturated heterocycles. The van der Waals surface area contributed by atoms with Crippen molar-refractivity contribution in [1.82, 2.24) is 7.06 Å². The van der Waals surface area contributed by atoms with E-state index in [-0.39, 0.29) is 0 Å². The summed E-state index contributed by atoms with van der Waals surface area (Å²) in [4.78, 5) is 14.8. The summed E-state index contributed by atoms with van der Waals surface area (Å²) in [5.41, 5.74) is -8.47. The molecule has 0 aromatic rings. The average molecular weight is 647 g/mol. The predicted molar refractivity (Wildman–Crippen MR) is 92.9 cm³/mol. The van der Waals surface area contributed by atoms with Crippen molar-refractivity contribution in [3.05, 3.63) is 0 Å². The summed E-state index contributed by atoms with van der Waals surface area (Å²) in [6, 6.07) is 0. The number of halogens is 8. The van der Waals surface area contributed by atoms with Crippen molar-refractivity contribution in [2.24, 2.45) is 11.8 Å². The molecule has 0 bridgehead atoms. The molecule has 0 aromatic heterocycles. The third-order valence-electron chi connectivity index (χ3n) is 5.43. The van der Waals surface area contributed by atoms with Crippen molar-refractivity contribution in [3.8, 4) is 0 Å². The minimum atomic E-state index is -6.11. The molecule has 1 atom stereocenters. The molecule has 5 nitrogen and oxygen atoms in total. The van der Waals surface area contributed by atoms with E-state index in [1.807, 2.05) is 0 Å². The van der Waals surface area contributed by atoms with Gasteiger partial charge in [-0.05, 0) is 0 Å². The number of ether oxygens (including phenoxy) is 1. The van der Waals surface area contributed by atoms with Gasteiger partial charge >= 0.3 is 178 Å². The molecule has 0 radical (unpaired) electrons. The number of alkyl halides is 9. The summed E-state index contributed by atoms with van der Waals surface area (Å²) in [5.74, 6) is -4.10. The van der Waals surface area contributed by atoms with Gasteiger partial charge in [0, 0.05) is 0 Å². The molecule has 2 rings (SSSR count). The van der Waals surface area contributed by atoms with Crippen LogP contribution in [0.3, 0.4) is 0 Å². The Balaban J connectivity index is 2.63. The minimum absolute atomic E-state index is 0.690. The van der Waals surface area contributed by atoms with E-state index >= 15 is 0 Å². The normalized spacial score (nSPS) is 22.9. The van der Waals surface area contributed by atoms with E-state index in [0.717, 1.165) is 27.7 Å². The van der Waals surface area contributed by atoms with Gasteiger partial charge in [0.2, 0.25) is 0 Å². The number of nitrogens with one attached hydrogen (secondary N) is 2. The molecule has 1 unspecified atom stereocenters. The number of carbonyl (C=O) groups is 1. The Morgan fingerprint density at radius 3 is 1.61 bits per heavy atom. The fourth-order valence-electron chi connectivity index (χ4n) is 3.59. The number of hydrogen-bond donors (Lipinski definition) is 3. The van der Waals surface area contributed by atoms with Crippen LogP contribution >= 0.6 is 20.4 Å². The van der Waals surface area contributed by atoms with Crippen LogP contribution in [-0.2, 0) is 9.53 Å². The van der Waals surface area contributed by atoms with Gasteiger partial charge in [-0.3, -0.25) is 0 Å². The van der Waals surface area contributed by atoms with Crippen molar-refractivity contribution in [2.75, 3.05) is 4.93 Å². The number of hydrogen-bond acceptors (Lipinski definition) is 5. The van der Waals surface area contributed by atoms with Gasteiger partial charge in [-0.2, -0.15) is 0 Å². The standard InChI is InChI=1S/C15H23F6I2N2O3/c1-7(2)11(8(3)4,12(27,13(16,17)18)14(19,20)21)28-9(26)10(5,22-6)15-23(24-15)25-15/h7-8,24-25,27H,1-6H3/q-1. The molecule has 2 fully saturated rings.